The second kappa shape index (κ2) is 5.80. The smallest absolute Gasteiger partial charge is 0.270 e. The minimum Gasteiger partial charge on any atom is -0.356 e. The number of nitrogens with zero attached hydrogens (tertiary/aromatic N) is 1. The van der Waals surface area contributed by atoms with Crippen molar-refractivity contribution in [3.05, 3.63) is 57.3 Å². The van der Waals surface area contributed by atoms with E-state index in [1.807, 2.05) is 31.2 Å². The third-order valence-electron chi connectivity index (χ3n) is 3.13. The third-order valence-corrected chi connectivity index (χ3v) is 3.84. The molecule has 0 saturated heterocycles. The average Bonchev–Trinajstić information content (AvgIpc) is 2.84. The fourth-order valence-electron chi connectivity index (χ4n) is 1.82. The molecule has 0 aliphatic carbocycles. The van der Waals surface area contributed by atoms with Crippen LogP contribution in [0, 0.1) is 0 Å². The molecule has 2 rings (SSSR count). The van der Waals surface area contributed by atoms with Crippen molar-refractivity contribution < 1.29 is 4.79 Å². The number of nitrogens with one attached hydrogen (secondary N) is 1. The first-order valence-corrected chi connectivity index (χ1v) is 7.02. The average molecular weight is 342 g/mol. The van der Waals surface area contributed by atoms with Crippen LogP contribution >= 0.6 is 27.5 Å². The molecule has 1 aromatic carbocycles. The van der Waals surface area contributed by atoms with Crippen LogP contribution in [0.5, 0.6) is 0 Å². The lowest BCUT2D eigenvalue weighted by Gasteiger charge is -2.25. The van der Waals surface area contributed by atoms with Crippen LogP contribution in [0.3, 0.4) is 0 Å². The monoisotopic (exact) mass is 340 g/mol. The molecule has 19 heavy (non-hydrogen) atoms. The molecule has 0 fully saturated rings. The van der Waals surface area contributed by atoms with Crippen LogP contribution in [-0.2, 0) is 0 Å². The Balaban J connectivity index is 2.16. The zero-order chi connectivity index (χ0) is 14.0. The lowest BCUT2D eigenvalue weighted by atomic mass is 10.1. The van der Waals surface area contributed by atoms with Crippen molar-refractivity contribution in [2.75, 3.05) is 7.05 Å². The Hall–Kier alpha value is -1.26. The van der Waals surface area contributed by atoms with Gasteiger partial charge in [-0.15, -0.1) is 0 Å². The molecule has 1 heterocycles. The number of amides is 1. The molecule has 1 amide bonds. The van der Waals surface area contributed by atoms with Gasteiger partial charge in [-0.2, -0.15) is 0 Å². The van der Waals surface area contributed by atoms with E-state index in [1.54, 1.807) is 24.2 Å². The van der Waals surface area contributed by atoms with Gasteiger partial charge in [-0.1, -0.05) is 23.7 Å². The largest absolute Gasteiger partial charge is 0.356 e. The van der Waals surface area contributed by atoms with E-state index in [-0.39, 0.29) is 11.9 Å². The van der Waals surface area contributed by atoms with Crippen LogP contribution in [0.2, 0.25) is 5.02 Å². The molecule has 5 heteroatoms. The summed E-state index contributed by atoms with van der Waals surface area (Å²) in [6.07, 6.45) is 1.74. The minimum absolute atomic E-state index is 0.0214. The summed E-state index contributed by atoms with van der Waals surface area (Å²) >= 11 is 9.19. The first-order valence-electron chi connectivity index (χ1n) is 5.85. The number of hydrogen-bond donors (Lipinski definition) is 1. The lowest BCUT2D eigenvalue weighted by molar-refractivity contribution is 0.0737. The van der Waals surface area contributed by atoms with Crippen molar-refractivity contribution in [2.45, 2.75) is 13.0 Å². The maximum Gasteiger partial charge on any atom is 0.270 e. The van der Waals surface area contributed by atoms with Gasteiger partial charge in [-0.05, 0) is 46.6 Å². The summed E-state index contributed by atoms with van der Waals surface area (Å²) in [5, 5.41) is 0.693. The Morgan fingerprint density at radius 1 is 1.37 bits per heavy atom. The van der Waals surface area contributed by atoms with Crippen LogP contribution in [0.15, 0.2) is 41.0 Å². The number of carbonyl (C=O) groups excluding carboxylic acids is 1. The molecular weight excluding hydrogens is 328 g/mol. The Kier molecular flexibility index (Phi) is 4.32. The fraction of sp³-hybridized carbons (Fsp3) is 0.214. The quantitative estimate of drug-likeness (QED) is 0.889. The van der Waals surface area contributed by atoms with Crippen molar-refractivity contribution in [2.24, 2.45) is 0 Å². The van der Waals surface area contributed by atoms with Gasteiger partial charge in [0, 0.05) is 22.7 Å². The van der Waals surface area contributed by atoms with Gasteiger partial charge >= 0.3 is 0 Å². The Labute approximate surface area is 125 Å². The second-order valence-corrected chi connectivity index (χ2v) is 5.73. The normalized spacial score (nSPS) is 12.2. The van der Waals surface area contributed by atoms with Crippen LogP contribution in [0.1, 0.15) is 29.0 Å². The molecule has 1 unspecified atom stereocenters. The van der Waals surface area contributed by atoms with Crippen LogP contribution < -0.4 is 0 Å². The van der Waals surface area contributed by atoms with E-state index in [0.29, 0.717) is 10.7 Å². The molecule has 0 saturated carbocycles. The summed E-state index contributed by atoms with van der Waals surface area (Å²) in [6, 6.07) is 9.27. The molecule has 1 atom stereocenters. The molecule has 2 aromatic rings. The van der Waals surface area contributed by atoms with Gasteiger partial charge in [0.2, 0.25) is 0 Å². The van der Waals surface area contributed by atoms with E-state index < -0.39 is 0 Å². The predicted octanol–water partition coefficient (Wildman–Crippen LogP) is 4.26. The lowest BCUT2D eigenvalue weighted by Crippen LogP contribution is -2.29. The first-order chi connectivity index (χ1) is 8.99. The fourth-order valence-corrected chi connectivity index (χ4v) is 2.29. The first kappa shape index (κ1) is 14.2. The maximum absolute atomic E-state index is 12.3. The standard InChI is InChI=1S/C14H14BrClN2O/c1-9(10-3-5-12(16)6-4-10)18(2)14(19)13-7-11(15)8-17-13/h3-9,17H,1-2H3. The Morgan fingerprint density at radius 3 is 2.53 bits per heavy atom. The molecule has 0 spiro atoms. The number of halogens is 2. The number of aromatic amines is 1. The van der Waals surface area contributed by atoms with Gasteiger partial charge in [-0.3, -0.25) is 4.79 Å². The molecule has 1 N–H and O–H groups in total. The molecule has 3 nitrogen and oxygen atoms in total. The van der Waals surface area contributed by atoms with Gasteiger partial charge in [0.1, 0.15) is 5.69 Å². The summed E-state index contributed by atoms with van der Waals surface area (Å²) in [4.78, 5) is 16.9. The summed E-state index contributed by atoms with van der Waals surface area (Å²) in [5.41, 5.74) is 1.61. The van der Waals surface area contributed by atoms with Crippen molar-refractivity contribution in [3.63, 3.8) is 0 Å². The molecule has 0 radical (unpaired) electrons. The van der Waals surface area contributed by atoms with Gasteiger partial charge in [0.05, 0.1) is 6.04 Å². The van der Waals surface area contributed by atoms with E-state index in [4.69, 9.17) is 11.6 Å². The van der Waals surface area contributed by atoms with Gasteiger partial charge in [0.25, 0.3) is 5.91 Å². The van der Waals surface area contributed by atoms with Gasteiger partial charge in [0.15, 0.2) is 0 Å². The van der Waals surface area contributed by atoms with E-state index in [0.717, 1.165) is 10.0 Å². The second-order valence-electron chi connectivity index (χ2n) is 4.38. The predicted molar refractivity (Wildman–Crippen MR) is 80.5 cm³/mol. The van der Waals surface area contributed by atoms with Gasteiger partial charge < -0.3 is 9.88 Å². The highest BCUT2D eigenvalue weighted by Crippen LogP contribution is 2.22. The van der Waals surface area contributed by atoms with Crippen molar-refractivity contribution >= 4 is 33.4 Å². The van der Waals surface area contributed by atoms with Crippen LogP contribution in [0.25, 0.3) is 0 Å². The van der Waals surface area contributed by atoms with E-state index >= 15 is 0 Å². The number of hydrogen-bond acceptors (Lipinski definition) is 1. The zero-order valence-electron chi connectivity index (χ0n) is 10.7. The highest BCUT2D eigenvalue weighted by molar-refractivity contribution is 9.10. The number of H-pyrrole nitrogens is 1. The van der Waals surface area contributed by atoms with Crippen LogP contribution in [0.4, 0.5) is 0 Å². The van der Waals surface area contributed by atoms with Crippen molar-refractivity contribution in [3.8, 4) is 0 Å². The summed E-state index contributed by atoms with van der Waals surface area (Å²) < 4.78 is 0.864. The number of rotatable bonds is 3. The summed E-state index contributed by atoms with van der Waals surface area (Å²) in [7, 11) is 1.79. The van der Waals surface area contributed by atoms with Crippen LogP contribution in [-0.4, -0.2) is 22.8 Å². The van der Waals surface area contributed by atoms with Crippen molar-refractivity contribution in [1.29, 1.82) is 0 Å². The van der Waals surface area contributed by atoms with E-state index in [1.165, 1.54) is 0 Å². The highest BCUT2D eigenvalue weighted by atomic mass is 79.9. The third kappa shape index (κ3) is 3.19. The number of carbonyl (C=O) groups is 1. The van der Waals surface area contributed by atoms with Gasteiger partial charge in [-0.25, -0.2) is 0 Å². The number of aromatic nitrogens is 1. The zero-order valence-corrected chi connectivity index (χ0v) is 13.0. The Morgan fingerprint density at radius 2 is 2.00 bits per heavy atom. The minimum atomic E-state index is -0.0480. The highest BCUT2D eigenvalue weighted by Gasteiger charge is 2.19. The molecular formula is C14H14BrClN2O. The molecule has 0 aliphatic rings. The van der Waals surface area contributed by atoms with E-state index in [2.05, 4.69) is 20.9 Å². The summed E-state index contributed by atoms with van der Waals surface area (Å²) in [5.74, 6) is -0.0480. The topological polar surface area (TPSA) is 36.1 Å². The summed E-state index contributed by atoms with van der Waals surface area (Å²) in [6.45, 7) is 1.99. The number of benzene rings is 1. The molecule has 0 bridgehead atoms. The van der Waals surface area contributed by atoms with E-state index in [9.17, 15) is 4.79 Å². The van der Waals surface area contributed by atoms with Crippen molar-refractivity contribution in [1.82, 2.24) is 9.88 Å². The Bertz CT molecular complexity index is 579. The maximum atomic E-state index is 12.3. The molecule has 1 aromatic heterocycles. The molecule has 0 aliphatic heterocycles. The molecule has 100 valence electrons. The SMILES string of the molecule is CC(c1ccc(Cl)cc1)N(C)C(=O)c1cc(Br)c[nH]1.